The van der Waals surface area contributed by atoms with E-state index in [-0.39, 0.29) is 11.5 Å². The highest BCUT2D eigenvalue weighted by molar-refractivity contribution is 8.01. The van der Waals surface area contributed by atoms with E-state index < -0.39 is 17.5 Å². The van der Waals surface area contributed by atoms with E-state index in [9.17, 15) is 4.79 Å². The molecule has 2 atom stereocenters. The summed E-state index contributed by atoms with van der Waals surface area (Å²) in [5.74, 6) is 2.74. The normalized spacial score (nSPS) is 16.8. The van der Waals surface area contributed by atoms with Crippen LogP contribution in [0.4, 0.5) is 5.88 Å². The second-order valence-corrected chi connectivity index (χ2v) is 16.6. The summed E-state index contributed by atoms with van der Waals surface area (Å²) in [7, 11) is -5.82. The number of rotatable bonds is 7. The summed E-state index contributed by atoms with van der Waals surface area (Å²) in [6.07, 6.45) is 1.06. The fourth-order valence-corrected chi connectivity index (χ4v) is 11.6. The van der Waals surface area contributed by atoms with Gasteiger partial charge < -0.3 is 18.6 Å². The molecule has 51 heavy (non-hydrogen) atoms. The summed E-state index contributed by atoms with van der Waals surface area (Å²) in [6, 6.07) is 46.1. The maximum atomic E-state index is 12.8. The third-order valence-electron chi connectivity index (χ3n) is 9.44. The van der Waals surface area contributed by atoms with Crippen molar-refractivity contribution in [3.63, 3.8) is 0 Å². The molecule has 2 aromatic heterocycles. The molecule has 10 nitrogen and oxygen atoms in total. The fourth-order valence-electron chi connectivity index (χ4n) is 7.42. The van der Waals surface area contributed by atoms with E-state index in [0.717, 1.165) is 47.8 Å². The third kappa shape index (κ3) is 7.07. The number of nitrogens with zero attached hydrogens (tertiary/aromatic N) is 3. The van der Waals surface area contributed by atoms with E-state index in [4.69, 9.17) is 32.8 Å². The highest BCUT2D eigenvalue weighted by Crippen LogP contribution is 2.56. The molecule has 0 amide bonds. The first kappa shape index (κ1) is 34.6. The SMILES string of the molecule is COc1ccc(-c2nc([P+](c3ccccc3)(c3ccccc3)c3ccccc3)c(N3C[C@H]4C[C@@H](C3)c3cccc(=O)n3C4)o2)cc1.[O-][Cl+3]([O-])([O-])[O-]. The molecular formula is C39H35ClN3O7P. The molecule has 0 N–H and O–H groups in total. The van der Waals surface area contributed by atoms with Crippen LogP contribution in [0, 0.1) is 16.2 Å². The van der Waals surface area contributed by atoms with Crippen LogP contribution in [0.25, 0.3) is 11.5 Å². The number of anilines is 1. The van der Waals surface area contributed by atoms with Crippen LogP contribution in [0.15, 0.2) is 143 Å². The van der Waals surface area contributed by atoms with Crippen LogP contribution in [-0.4, -0.2) is 29.8 Å². The Labute approximate surface area is 297 Å². The largest absolute Gasteiger partial charge is 0.497 e. The minimum absolute atomic E-state index is 0.0879. The summed E-state index contributed by atoms with van der Waals surface area (Å²) in [5, 5.41) is 3.66. The Morgan fingerprint density at radius 2 is 1.27 bits per heavy atom. The van der Waals surface area contributed by atoms with Crippen molar-refractivity contribution in [2.45, 2.75) is 18.9 Å². The molecule has 4 aromatic carbocycles. The number of pyridine rings is 1. The van der Waals surface area contributed by atoms with Gasteiger partial charge in [-0.3, -0.25) is 4.79 Å². The molecule has 8 rings (SSSR count). The van der Waals surface area contributed by atoms with Crippen molar-refractivity contribution in [3.8, 4) is 17.2 Å². The topological polar surface area (TPSA) is 153 Å². The molecule has 1 saturated heterocycles. The van der Waals surface area contributed by atoms with Crippen LogP contribution in [-0.2, 0) is 6.54 Å². The average Bonchev–Trinajstić information content (AvgIpc) is 3.59. The molecule has 6 aromatic rings. The Bertz CT molecular complexity index is 2040. The van der Waals surface area contributed by atoms with E-state index in [0.29, 0.717) is 18.4 Å². The number of benzene rings is 4. The fraction of sp³-hybridized carbons (Fsp3) is 0.179. The zero-order valence-electron chi connectivity index (χ0n) is 27.7. The van der Waals surface area contributed by atoms with Crippen molar-refractivity contribution >= 4 is 34.5 Å². The van der Waals surface area contributed by atoms with Crippen molar-refractivity contribution in [2.24, 2.45) is 5.92 Å². The van der Waals surface area contributed by atoms with Gasteiger partial charge in [-0.1, -0.05) is 60.7 Å². The van der Waals surface area contributed by atoms with Gasteiger partial charge in [0.25, 0.3) is 16.9 Å². The Balaban J connectivity index is 0.000000761. The second kappa shape index (κ2) is 14.4. The van der Waals surface area contributed by atoms with Gasteiger partial charge in [-0.2, -0.15) is 4.98 Å². The molecule has 2 aliphatic rings. The number of hydrogen-bond donors (Lipinski definition) is 0. The smallest absolute Gasteiger partial charge is 0.262 e. The number of hydrogen-bond acceptors (Lipinski definition) is 9. The average molecular weight is 724 g/mol. The molecular weight excluding hydrogens is 689 g/mol. The van der Waals surface area contributed by atoms with Crippen molar-refractivity contribution in [1.82, 2.24) is 9.55 Å². The molecule has 1 fully saturated rings. The predicted molar refractivity (Wildman–Crippen MR) is 187 cm³/mol. The lowest BCUT2D eigenvalue weighted by atomic mass is 9.83. The van der Waals surface area contributed by atoms with Gasteiger partial charge in [-0.25, -0.2) is 18.6 Å². The van der Waals surface area contributed by atoms with Gasteiger partial charge in [0.05, 0.1) is 7.11 Å². The van der Waals surface area contributed by atoms with Gasteiger partial charge in [0.1, 0.15) is 21.7 Å². The van der Waals surface area contributed by atoms with Crippen molar-refractivity contribution in [1.29, 1.82) is 0 Å². The molecule has 2 aliphatic heterocycles. The first-order valence-corrected chi connectivity index (χ1v) is 19.5. The van der Waals surface area contributed by atoms with Crippen LogP contribution in [0.5, 0.6) is 5.75 Å². The monoisotopic (exact) mass is 723 g/mol. The zero-order valence-corrected chi connectivity index (χ0v) is 29.4. The predicted octanol–water partition coefficient (Wildman–Crippen LogP) is 0.999. The summed E-state index contributed by atoms with van der Waals surface area (Å²) in [5.41, 5.74) is 3.06. The lowest BCUT2D eigenvalue weighted by Gasteiger charge is -2.42. The van der Waals surface area contributed by atoms with Crippen molar-refractivity contribution < 1.29 is 38.0 Å². The number of halogens is 1. The molecule has 12 heteroatoms. The molecule has 0 aliphatic carbocycles. The highest BCUT2D eigenvalue weighted by Gasteiger charge is 2.54. The van der Waals surface area contributed by atoms with Crippen LogP contribution < -0.4 is 55.2 Å². The van der Waals surface area contributed by atoms with Crippen LogP contribution in [0.2, 0.25) is 0 Å². The maximum absolute atomic E-state index is 12.8. The van der Waals surface area contributed by atoms with E-state index in [1.165, 1.54) is 15.9 Å². The molecule has 0 radical (unpaired) electrons. The summed E-state index contributed by atoms with van der Waals surface area (Å²) in [4.78, 5) is 20.8. The first-order chi connectivity index (χ1) is 24.6. The summed E-state index contributed by atoms with van der Waals surface area (Å²) >= 11 is 0. The highest BCUT2D eigenvalue weighted by atomic mass is 35.7. The van der Waals surface area contributed by atoms with Gasteiger partial charge in [-0.15, -0.1) is 10.2 Å². The quantitative estimate of drug-likeness (QED) is 0.220. The minimum atomic E-state index is -4.94. The Kier molecular flexibility index (Phi) is 9.81. The first-order valence-electron chi connectivity index (χ1n) is 16.4. The molecule has 260 valence electrons. The van der Waals surface area contributed by atoms with Crippen LogP contribution >= 0.6 is 7.26 Å². The third-order valence-corrected chi connectivity index (χ3v) is 13.6. The van der Waals surface area contributed by atoms with E-state index in [2.05, 4.69) is 102 Å². The number of aromatic nitrogens is 2. The molecule has 4 heterocycles. The second-order valence-electron chi connectivity index (χ2n) is 12.5. The van der Waals surface area contributed by atoms with Crippen LogP contribution in [0.3, 0.4) is 0 Å². The number of fused-ring (bicyclic) bond motifs is 4. The van der Waals surface area contributed by atoms with Gasteiger partial charge >= 0.3 is 0 Å². The standard InChI is InChI=1S/C39H35N3O3P.ClHO4/c1-44-31-22-20-29(21-23-31)37-40-38(39(45-37)41-25-28-24-30(27-41)35-18-11-19-36(43)42(35)26-28)46(32-12-5-2-6-13-32,33-14-7-3-8-15-33)34-16-9-4-10-17-34;2-1(3,4)5/h2-23,28,30H,24-27H2,1H3;(H,2,3,4,5)/q+1;/p-1/t28-,30+;/m1./s1. The lowest BCUT2D eigenvalue weighted by molar-refractivity contribution is -2.00. The summed E-state index contributed by atoms with van der Waals surface area (Å²) in [6.45, 7) is 2.26. The zero-order chi connectivity index (χ0) is 35.6. The number of oxazole rings is 1. The van der Waals surface area contributed by atoms with E-state index in [1.54, 1.807) is 13.2 Å². The number of methoxy groups -OCH3 is 1. The molecule has 0 spiro atoms. The van der Waals surface area contributed by atoms with Crippen LogP contribution in [0.1, 0.15) is 18.0 Å². The summed E-state index contributed by atoms with van der Waals surface area (Å²) < 4.78 is 48.4. The van der Waals surface area contributed by atoms with Gasteiger partial charge in [0, 0.05) is 42.9 Å². The maximum Gasteiger partial charge on any atom is 0.262 e. The lowest BCUT2D eigenvalue weighted by Crippen LogP contribution is -2.68. The van der Waals surface area contributed by atoms with Crippen molar-refractivity contribution in [2.75, 3.05) is 25.1 Å². The Morgan fingerprint density at radius 1 is 0.725 bits per heavy atom. The Hall–Kier alpha value is -4.80. The van der Waals surface area contributed by atoms with Gasteiger partial charge in [0.15, 0.2) is 7.26 Å². The van der Waals surface area contributed by atoms with E-state index in [1.807, 2.05) is 34.9 Å². The van der Waals surface area contributed by atoms with Crippen molar-refractivity contribution in [3.05, 3.63) is 150 Å². The van der Waals surface area contributed by atoms with Gasteiger partial charge in [0.2, 0.25) is 5.89 Å². The minimum Gasteiger partial charge on any atom is -0.497 e. The van der Waals surface area contributed by atoms with E-state index >= 15 is 0 Å². The van der Waals surface area contributed by atoms with Gasteiger partial charge in [-0.05, 0) is 79.1 Å². The molecule has 0 saturated carbocycles. The number of ether oxygens (including phenoxy) is 1. The molecule has 0 unspecified atom stereocenters. The Morgan fingerprint density at radius 3 is 1.80 bits per heavy atom. The molecule has 2 bridgehead atoms. The number of piperidine rings is 1.